The summed E-state index contributed by atoms with van der Waals surface area (Å²) >= 11 is 0. The third kappa shape index (κ3) is 5.15. The molecule has 0 aromatic heterocycles. The van der Waals surface area contributed by atoms with Crippen molar-refractivity contribution in [1.29, 1.82) is 0 Å². The molecule has 0 heterocycles. The van der Waals surface area contributed by atoms with Gasteiger partial charge in [-0.15, -0.1) is 12.4 Å². The Morgan fingerprint density at radius 3 is 2.17 bits per heavy atom. The van der Waals surface area contributed by atoms with Gasteiger partial charge in [-0.2, -0.15) is 0 Å². The van der Waals surface area contributed by atoms with Gasteiger partial charge < -0.3 is 11.0 Å². The monoisotopic (exact) mass is 187 g/mol. The van der Waals surface area contributed by atoms with Crippen molar-refractivity contribution >= 4 is 25.7 Å². The molecule has 0 amide bonds. The van der Waals surface area contributed by atoms with Gasteiger partial charge in [0, 0.05) is 0 Å². The van der Waals surface area contributed by atoms with E-state index < -0.39 is 0 Å². The summed E-state index contributed by atoms with van der Waals surface area (Å²) in [7, 11) is 5.48. The van der Waals surface area contributed by atoms with Gasteiger partial charge in [-0.05, 0) is 0 Å². The molecule has 0 saturated carbocycles. The van der Waals surface area contributed by atoms with Crippen LogP contribution >= 0.6 is 12.4 Å². The van der Waals surface area contributed by atoms with Gasteiger partial charge in [0.25, 0.3) is 0 Å². The zero-order valence-electron chi connectivity index (χ0n) is 6.47. The van der Waals surface area contributed by atoms with E-state index in [9.17, 15) is 0 Å². The fraction of sp³-hybridized carbons (Fsp3) is 0.143. The van der Waals surface area contributed by atoms with E-state index in [-0.39, 0.29) is 23.4 Å². The van der Waals surface area contributed by atoms with Crippen LogP contribution in [0.5, 0.6) is 0 Å². The van der Waals surface area contributed by atoms with Crippen LogP contribution < -0.4 is 11.2 Å². The molecule has 0 bridgehead atoms. The van der Waals surface area contributed by atoms with Crippen LogP contribution in [-0.4, -0.2) is 18.8 Å². The second-order valence-electron chi connectivity index (χ2n) is 1.95. The summed E-state index contributed by atoms with van der Waals surface area (Å²) in [6.07, 6.45) is 0. The van der Waals surface area contributed by atoms with Crippen molar-refractivity contribution in [1.82, 2.24) is 0 Å². The molecule has 1 rings (SSSR count). The van der Waals surface area contributed by atoms with Crippen LogP contribution in [0.25, 0.3) is 0 Å². The molecule has 0 atom stereocenters. The predicted octanol–water partition coefficient (Wildman–Crippen LogP) is 0.00730. The van der Waals surface area contributed by atoms with Crippen molar-refractivity contribution in [2.45, 2.75) is 6.54 Å². The molecule has 0 unspecified atom stereocenters. The maximum Gasteiger partial charge on any atom is -0.870 e. The quantitative estimate of drug-likeness (QED) is 0.628. The second-order valence-corrected chi connectivity index (χ2v) is 1.95. The largest absolute Gasteiger partial charge is 0.870 e. The molecule has 4 N–H and O–H groups in total. The summed E-state index contributed by atoms with van der Waals surface area (Å²) in [6, 6.07) is 7.58. The molecule has 3 nitrogen and oxygen atoms in total. The summed E-state index contributed by atoms with van der Waals surface area (Å²) in [6.45, 7) is 0.561. The van der Waals surface area contributed by atoms with Gasteiger partial charge in [-0.1, -0.05) is 0 Å². The Hall–Kier alpha value is -0.545. The van der Waals surface area contributed by atoms with Gasteiger partial charge >= 0.3 is 55.4 Å². The first-order valence-electron chi connectivity index (χ1n) is 2.87. The topological polar surface area (TPSA) is 86.0 Å². The predicted molar refractivity (Wildman–Crippen MR) is 50.8 cm³/mol. The third-order valence-electron chi connectivity index (χ3n) is 1.19. The number of nitrogens with two attached hydrogens (primary N) is 1. The minimum Gasteiger partial charge on any atom is -0.870 e. The maximum absolute atomic E-state index is 5.48. The van der Waals surface area contributed by atoms with Crippen LogP contribution in [0.2, 0.25) is 0 Å². The standard InChI is InChI=1S/C7H8BN.ClH.2H2O/c8-7-3-1-2-6(4-7)5-9;;;/h1-4H,5,9H2;1H;2*1H2/q+2;;;/p-2. The van der Waals surface area contributed by atoms with Gasteiger partial charge in [0.1, 0.15) is 0 Å². The minimum atomic E-state index is 0. The first-order chi connectivity index (χ1) is 4.33. The summed E-state index contributed by atoms with van der Waals surface area (Å²) in [5, 5.41) is 0. The molecule has 0 spiro atoms. The van der Waals surface area contributed by atoms with E-state index in [2.05, 4.69) is 0 Å². The van der Waals surface area contributed by atoms with Gasteiger partial charge in [0.05, 0.1) is 0 Å². The van der Waals surface area contributed by atoms with Crippen molar-refractivity contribution in [2.24, 2.45) is 5.73 Å². The van der Waals surface area contributed by atoms with Crippen molar-refractivity contribution in [3.63, 3.8) is 0 Å². The molecule has 5 heteroatoms. The number of benzene rings is 1. The van der Waals surface area contributed by atoms with Crippen LogP contribution in [0.15, 0.2) is 24.3 Å². The fourth-order valence-corrected chi connectivity index (χ4v) is 0.720. The van der Waals surface area contributed by atoms with Crippen LogP contribution in [-0.2, 0) is 6.54 Å². The molecule has 66 valence electrons. The van der Waals surface area contributed by atoms with Gasteiger partial charge in [-0.25, -0.2) is 0 Å². The number of hydrogen-bond acceptors (Lipinski definition) is 3. The Bertz CT molecular complexity index is 210. The molecule has 0 aliphatic heterocycles. The number of hydrogen-bond donors (Lipinski definition) is 1. The van der Waals surface area contributed by atoms with E-state index in [4.69, 9.17) is 13.6 Å². The first kappa shape index (κ1) is 17.5. The summed E-state index contributed by atoms with van der Waals surface area (Å²) in [4.78, 5) is 0. The molecule has 1 aromatic carbocycles. The maximum atomic E-state index is 5.48. The average Bonchev–Trinajstić information content (AvgIpc) is 1.88. The molecule has 0 fully saturated rings. The van der Waals surface area contributed by atoms with Crippen LogP contribution in [0.4, 0.5) is 0 Å². The molecule has 0 radical (unpaired) electrons. The molecule has 12 heavy (non-hydrogen) atoms. The summed E-state index contributed by atoms with van der Waals surface area (Å²) in [5.41, 5.74) is 7.22. The first-order valence-corrected chi connectivity index (χ1v) is 2.87. The van der Waals surface area contributed by atoms with Gasteiger partial charge in [0.15, 0.2) is 0 Å². The van der Waals surface area contributed by atoms with E-state index in [0.29, 0.717) is 6.54 Å². The van der Waals surface area contributed by atoms with E-state index in [1.165, 1.54) is 0 Å². The van der Waals surface area contributed by atoms with Crippen LogP contribution in [0.3, 0.4) is 0 Å². The Balaban J connectivity index is -0.000000270. The van der Waals surface area contributed by atoms with Crippen molar-refractivity contribution in [3.05, 3.63) is 29.8 Å². The van der Waals surface area contributed by atoms with Gasteiger partial charge in [0.2, 0.25) is 0 Å². The molecule has 0 aliphatic carbocycles. The molecular weight excluding hydrogens is 176 g/mol. The Morgan fingerprint density at radius 1 is 1.25 bits per heavy atom. The average molecular weight is 187 g/mol. The Kier molecular flexibility index (Phi) is 12.5. The van der Waals surface area contributed by atoms with E-state index in [1.54, 1.807) is 0 Å². The van der Waals surface area contributed by atoms with E-state index in [1.807, 2.05) is 24.3 Å². The number of halogens is 1. The second kappa shape index (κ2) is 8.55. The smallest absolute Gasteiger partial charge is 0.870 e. The van der Waals surface area contributed by atoms with Crippen LogP contribution in [0, 0.1) is 0 Å². The summed E-state index contributed by atoms with van der Waals surface area (Å²) < 4.78 is 0. The SMILES string of the molecule is Cl.[B+2]c1cccc(CN)c1.[OH-].[OH-]. The molecular formula is C7H11BClNO2. The zero-order chi connectivity index (χ0) is 6.69. The number of rotatable bonds is 1. The minimum absolute atomic E-state index is 0. The Morgan fingerprint density at radius 2 is 1.83 bits per heavy atom. The van der Waals surface area contributed by atoms with E-state index in [0.717, 1.165) is 11.0 Å². The van der Waals surface area contributed by atoms with Crippen molar-refractivity contribution in [2.75, 3.05) is 0 Å². The van der Waals surface area contributed by atoms with Crippen LogP contribution in [0.1, 0.15) is 5.56 Å². The third-order valence-corrected chi connectivity index (χ3v) is 1.19. The molecule has 0 saturated heterocycles. The zero-order valence-corrected chi connectivity index (χ0v) is 7.29. The van der Waals surface area contributed by atoms with Crippen molar-refractivity contribution in [3.8, 4) is 0 Å². The Labute approximate surface area is 79.4 Å². The molecule has 0 aliphatic rings. The molecule has 1 aromatic rings. The fourth-order valence-electron chi connectivity index (χ4n) is 0.720. The van der Waals surface area contributed by atoms with E-state index >= 15 is 0 Å². The normalized spacial score (nSPS) is 7.25. The van der Waals surface area contributed by atoms with Crippen molar-refractivity contribution < 1.29 is 11.0 Å². The van der Waals surface area contributed by atoms with Gasteiger partial charge in [-0.3, -0.25) is 0 Å². The summed E-state index contributed by atoms with van der Waals surface area (Å²) in [5.74, 6) is 0.